The summed E-state index contributed by atoms with van der Waals surface area (Å²) < 4.78 is 39.7. The van der Waals surface area contributed by atoms with Crippen LogP contribution in [0.4, 0.5) is 24.5 Å². The first-order chi connectivity index (χ1) is 8.99. The molecule has 1 amide bonds. The fourth-order valence-corrected chi connectivity index (χ4v) is 1.55. The third-order valence-electron chi connectivity index (χ3n) is 2.44. The van der Waals surface area contributed by atoms with E-state index < -0.39 is 23.4 Å². The molecule has 0 bridgehead atoms. The van der Waals surface area contributed by atoms with Crippen LogP contribution in [0, 0.1) is 17.5 Å². The van der Waals surface area contributed by atoms with Gasteiger partial charge >= 0.3 is 0 Å². The van der Waals surface area contributed by atoms with Gasteiger partial charge in [-0.15, -0.1) is 0 Å². The van der Waals surface area contributed by atoms with Crippen LogP contribution in [0.5, 0.6) is 0 Å². The van der Waals surface area contributed by atoms with E-state index in [9.17, 15) is 18.0 Å². The second-order valence-electron chi connectivity index (χ2n) is 3.79. The van der Waals surface area contributed by atoms with E-state index in [2.05, 4.69) is 5.32 Å². The maximum absolute atomic E-state index is 13.5. The Hall–Kier alpha value is -2.50. The van der Waals surface area contributed by atoms with Gasteiger partial charge in [-0.3, -0.25) is 4.79 Å². The van der Waals surface area contributed by atoms with Gasteiger partial charge in [0.2, 0.25) is 0 Å². The first-order valence-corrected chi connectivity index (χ1v) is 5.29. The minimum absolute atomic E-state index is 0.259. The number of amides is 1. The number of hydrogen-bond acceptors (Lipinski definition) is 2. The van der Waals surface area contributed by atoms with Gasteiger partial charge in [-0.2, -0.15) is 0 Å². The van der Waals surface area contributed by atoms with E-state index in [1.54, 1.807) is 0 Å². The third-order valence-corrected chi connectivity index (χ3v) is 2.44. The van der Waals surface area contributed by atoms with Crippen molar-refractivity contribution in [2.45, 2.75) is 0 Å². The number of anilines is 2. The Labute approximate surface area is 106 Å². The number of carbonyl (C=O) groups is 1. The monoisotopic (exact) mass is 266 g/mol. The summed E-state index contributed by atoms with van der Waals surface area (Å²) in [7, 11) is 0. The molecule has 0 heterocycles. The molecule has 0 fully saturated rings. The summed E-state index contributed by atoms with van der Waals surface area (Å²) in [6, 6.07) is 6.65. The van der Waals surface area contributed by atoms with Crippen molar-refractivity contribution in [3.63, 3.8) is 0 Å². The molecule has 0 saturated heterocycles. The highest BCUT2D eigenvalue weighted by Gasteiger charge is 2.16. The van der Waals surface area contributed by atoms with Gasteiger partial charge in [-0.1, -0.05) is 12.1 Å². The number of nitrogens with two attached hydrogens (primary N) is 1. The van der Waals surface area contributed by atoms with E-state index >= 15 is 0 Å². The second kappa shape index (κ2) is 5.01. The number of nitrogens with one attached hydrogen (secondary N) is 1. The lowest BCUT2D eigenvalue weighted by molar-refractivity contribution is 0.102. The number of halogens is 3. The molecule has 0 radical (unpaired) electrons. The summed E-state index contributed by atoms with van der Waals surface area (Å²) in [5.74, 6) is -3.50. The smallest absolute Gasteiger partial charge is 0.258 e. The van der Waals surface area contributed by atoms with Gasteiger partial charge in [0.05, 0.1) is 11.3 Å². The molecule has 0 spiro atoms. The SMILES string of the molecule is Nc1cc(F)cc(F)c1NC(=O)c1ccccc1F. The van der Waals surface area contributed by atoms with Gasteiger partial charge in [0.15, 0.2) is 5.82 Å². The highest BCUT2D eigenvalue weighted by molar-refractivity contribution is 6.05. The normalized spacial score (nSPS) is 10.3. The zero-order valence-corrected chi connectivity index (χ0v) is 9.58. The minimum Gasteiger partial charge on any atom is -0.397 e. The molecule has 0 aliphatic heterocycles. The number of hydrogen-bond donors (Lipinski definition) is 2. The Balaban J connectivity index is 2.32. The lowest BCUT2D eigenvalue weighted by Crippen LogP contribution is -2.16. The van der Waals surface area contributed by atoms with Crippen LogP contribution in [-0.2, 0) is 0 Å². The summed E-state index contributed by atoms with van der Waals surface area (Å²) >= 11 is 0. The van der Waals surface area contributed by atoms with Crippen molar-refractivity contribution >= 4 is 17.3 Å². The van der Waals surface area contributed by atoms with Crippen molar-refractivity contribution in [1.82, 2.24) is 0 Å². The van der Waals surface area contributed by atoms with Gasteiger partial charge < -0.3 is 11.1 Å². The number of nitrogen functional groups attached to an aromatic ring is 1. The number of benzene rings is 2. The molecule has 2 rings (SSSR count). The van der Waals surface area contributed by atoms with Crippen LogP contribution in [0.3, 0.4) is 0 Å². The molecule has 0 aliphatic carbocycles. The van der Waals surface area contributed by atoms with Crippen LogP contribution in [-0.4, -0.2) is 5.91 Å². The van der Waals surface area contributed by atoms with E-state index in [1.807, 2.05) is 0 Å². The van der Waals surface area contributed by atoms with Crippen molar-refractivity contribution in [2.75, 3.05) is 11.1 Å². The standard InChI is InChI=1S/C13H9F3N2O/c14-7-5-10(16)12(11(17)6-7)18-13(19)8-3-1-2-4-9(8)15/h1-6H,17H2,(H,18,19). The highest BCUT2D eigenvalue weighted by Crippen LogP contribution is 2.24. The van der Waals surface area contributed by atoms with Crippen LogP contribution >= 0.6 is 0 Å². The van der Waals surface area contributed by atoms with E-state index in [-0.39, 0.29) is 16.9 Å². The zero-order chi connectivity index (χ0) is 14.0. The molecule has 2 aromatic rings. The molecule has 2 aromatic carbocycles. The molecule has 0 atom stereocenters. The lowest BCUT2D eigenvalue weighted by Gasteiger charge is -2.10. The predicted octanol–water partition coefficient (Wildman–Crippen LogP) is 2.94. The van der Waals surface area contributed by atoms with E-state index in [0.29, 0.717) is 6.07 Å². The van der Waals surface area contributed by atoms with Gasteiger partial charge in [0.1, 0.15) is 17.3 Å². The first-order valence-electron chi connectivity index (χ1n) is 5.29. The summed E-state index contributed by atoms with van der Waals surface area (Å²) in [4.78, 5) is 11.8. The van der Waals surface area contributed by atoms with Crippen LogP contribution in [0.15, 0.2) is 36.4 Å². The van der Waals surface area contributed by atoms with Gasteiger partial charge in [-0.25, -0.2) is 13.2 Å². The van der Waals surface area contributed by atoms with Crippen LogP contribution in [0.1, 0.15) is 10.4 Å². The fourth-order valence-electron chi connectivity index (χ4n) is 1.55. The Morgan fingerprint density at radius 1 is 1.05 bits per heavy atom. The van der Waals surface area contributed by atoms with E-state index in [4.69, 9.17) is 5.73 Å². The summed E-state index contributed by atoms with van der Waals surface area (Å²) in [5, 5.41) is 2.12. The molecule has 3 N–H and O–H groups in total. The minimum atomic E-state index is -1.03. The van der Waals surface area contributed by atoms with Gasteiger partial charge in [0, 0.05) is 6.07 Å². The first kappa shape index (κ1) is 12.9. The Bertz CT molecular complexity index is 621. The van der Waals surface area contributed by atoms with Crippen molar-refractivity contribution in [2.24, 2.45) is 0 Å². The Morgan fingerprint density at radius 2 is 1.74 bits per heavy atom. The van der Waals surface area contributed by atoms with Crippen molar-refractivity contribution in [3.05, 3.63) is 59.4 Å². The summed E-state index contributed by atoms with van der Waals surface area (Å²) in [5.41, 5.74) is 4.48. The van der Waals surface area contributed by atoms with Crippen LogP contribution in [0.25, 0.3) is 0 Å². The molecular formula is C13H9F3N2O. The van der Waals surface area contributed by atoms with E-state index in [0.717, 1.165) is 12.1 Å². The number of rotatable bonds is 2. The molecule has 3 nitrogen and oxygen atoms in total. The highest BCUT2D eigenvalue weighted by atomic mass is 19.1. The molecule has 98 valence electrons. The van der Waals surface area contributed by atoms with E-state index in [1.165, 1.54) is 18.2 Å². The lowest BCUT2D eigenvalue weighted by atomic mass is 10.2. The van der Waals surface area contributed by atoms with Crippen molar-refractivity contribution in [3.8, 4) is 0 Å². The largest absolute Gasteiger partial charge is 0.397 e. The topological polar surface area (TPSA) is 55.1 Å². The van der Waals surface area contributed by atoms with Gasteiger partial charge in [-0.05, 0) is 18.2 Å². The molecular weight excluding hydrogens is 257 g/mol. The molecule has 6 heteroatoms. The zero-order valence-electron chi connectivity index (χ0n) is 9.58. The average Bonchev–Trinajstić information content (AvgIpc) is 2.34. The van der Waals surface area contributed by atoms with Crippen LogP contribution < -0.4 is 11.1 Å². The molecule has 0 saturated carbocycles. The summed E-state index contributed by atoms with van der Waals surface area (Å²) in [6.07, 6.45) is 0. The quantitative estimate of drug-likeness (QED) is 0.821. The molecule has 0 aromatic heterocycles. The van der Waals surface area contributed by atoms with Crippen molar-refractivity contribution < 1.29 is 18.0 Å². The number of carbonyl (C=O) groups excluding carboxylic acids is 1. The average molecular weight is 266 g/mol. The Morgan fingerprint density at radius 3 is 2.37 bits per heavy atom. The maximum atomic E-state index is 13.5. The molecule has 0 unspecified atom stereocenters. The molecule has 19 heavy (non-hydrogen) atoms. The van der Waals surface area contributed by atoms with Crippen molar-refractivity contribution in [1.29, 1.82) is 0 Å². The Kier molecular flexibility index (Phi) is 3.41. The fraction of sp³-hybridized carbons (Fsp3) is 0. The predicted molar refractivity (Wildman–Crippen MR) is 65.1 cm³/mol. The summed E-state index contributed by atoms with van der Waals surface area (Å²) in [6.45, 7) is 0. The van der Waals surface area contributed by atoms with Gasteiger partial charge in [0.25, 0.3) is 5.91 Å². The van der Waals surface area contributed by atoms with Crippen LogP contribution in [0.2, 0.25) is 0 Å². The maximum Gasteiger partial charge on any atom is 0.258 e. The second-order valence-corrected chi connectivity index (χ2v) is 3.79. The third kappa shape index (κ3) is 2.67. The molecule has 0 aliphatic rings.